The van der Waals surface area contributed by atoms with Gasteiger partial charge in [0.25, 0.3) is 0 Å². The smallest absolute Gasteiger partial charge is 0.191 e. The summed E-state index contributed by atoms with van der Waals surface area (Å²) in [4.78, 5) is 4.35. The number of rotatable bonds is 5. The van der Waals surface area contributed by atoms with E-state index in [9.17, 15) is 0 Å². The second-order valence-corrected chi connectivity index (χ2v) is 7.03. The third-order valence-corrected chi connectivity index (χ3v) is 5.30. The molecule has 1 aliphatic heterocycles. The molecule has 0 radical (unpaired) electrons. The maximum atomic E-state index is 6.49. The normalized spacial score (nSPS) is 21.0. The number of ether oxygens (including phenoxy) is 1. The lowest BCUT2D eigenvalue weighted by Gasteiger charge is -2.38. The molecule has 0 bridgehead atoms. The molecule has 126 valence electrons. The van der Waals surface area contributed by atoms with Gasteiger partial charge in [-0.05, 0) is 43.2 Å². The van der Waals surface area contributed by atoms with Gasteiger partial charge in [-0.25, -0.2) is 0 Å². The third-order valence-electron chi connectivity index (χ3n) is 4.97. The van der Waals surface area contributed by atoms with Gasteiger partial charge in [0.05, 0.1) is 0 Å². The van der Waals surface area contributed by atoms with Crippen LogP contribution in [0.4, 0.5) is 0 Å². The monoisotopic (exact) mass is 335 g/mol. The van der Waals surface area contributed by atoms with Crippen LogP contribution in [0.2, 0.25) is 5.02 Å². The van der Waals surface area contributed by atoms with Crippen molar-refractivity contribution in [3.8, 4) is 0 Å². The summed E-state index contributed by atoms with van der Waals surface area (Å²) in [6.45, 7) is 3.40. The Labute approximate surface area is 143 Å². The van der Waals surface area contributed by atoms with Crippen LogP contribution in [0.1, 0.15) is 31.2 Å². The van der Waals surface area contributed by atoms with E-state index in [1.165, 1.54) is 18.4 Å². The maximum Gasteiger partial charge on any atom is 0.191 e. The predicted octanol–water partition coefficient (Wildman–Crippen LogP) is 2.96. The lowest BCUT2D eigenvalue weighted by molar-refractivity contribution is 0.0514. The Balaban J connectivity index is 1.70. The molecule has 5 heteroatoms. The van der Waals surface area contributed by atoms with Crippen LogP contribution in [0, 0.1) is 5.92 Å². The molecule has 4 nitrogen and oxygen atoms in total. The summed E-state index contributed by atoms with van der Waals surface area (Å²) >= 11 is 6.49. The number of aliphatic imine (C=N–C) groups is 1. The molecule has 3 rings (SSSR count). The minimum atomic E-state index is 0.00773. The fourth-order valence-electron chi connectivity index (χ4n) is 3.23. The Morgan fingerprint density at radius 3 is 2.65 bits per heavy atom. The van der Waals surface area contributed by atoms with Crippen LogP contribution in [0.15, 0.2) is 29.3 Å². The van der Waals surface area contributed by atoms with Gasteiger partial charge in [-0.1, -0.05) is 29.8 Å². The van der Waals surface area contributed by atoms with Crippen LogP contribution in [0.5, 0.6) is 0 Å². The molecule has 2 aliphatic rings. The second kappa shape index (κ2) is 7.54. The standard InChI is InChI=1S/C18H26ClN3O/c1-20-17(21-12-14-6-7-14)22-13-18(8-10-23-11-9-18)15-4-2-3-5-16(15)19/h2-5,14H,6-13H2,1H3,(H2,20,21,22). The number of benzene rings is 1. The van der Waals surface area contributed by atoms with E-state index in [-0.39, 0.29) is 5.41 Å². The zero-order chi connectivity index (χ0) is 16.1. The fraction of sp³-hybridized carbons (Fsp3) is 0.611. The Hall–Kier alpha value is -1.26. The van der Waals surface area contributed by atoms with Crippen molar-refractivity contribution in [1.82, 2.24) is 10.6 Å². The molecule has 1 aliphatic carbocycles. The van der Waals surface area contributed by atoms with E-state index in [1.54, 1.807) is 0 Å². The van der Waals surface area contributed by atoms with E-state index in [4.69, 9.17) is 16.3 Å². The summed E-state index contributed by atoms with van der Waals surface area (Å²) in [7, 11) is 1.83. The molecule has 0 unspecified atom stereocenters. The molecule has 1 aromatic rings. The van der Waals surface area contributed by atoms with Crippen LogP contribution < -0.4 is 10.6 Å². The lowest BCUT2D eigenvalue weighted by atomic mass is 9.74. The van der Waals surface area contributed by atoms with Crippen molar-refractivity contribution in [1.29, 1.82) is 0 Å². The third kappa shape index (κ3) is 4.18. The number of nitrogens with zero attached hydrogens (tertiary/aromatic N) is 1. The minimum absolute atomic E-state index is 0.00773. The molecule has 0 aromatic heterocycles. The highest BCUT2D eigenvalue weighted by molar-refractivity contribution is 6.31. The first-order chi connectivity index (χ1) is 11.2. The van der Waals surface area contributed by atoms with E-state index in [2.05, 4.69) is 27.8 Å². The van der Waals surface area contributed by atoms with Crippen molar-refractivity contribution in [2.75, 3.05) is 33.4 Å². The van der Waals surface area contributed by atoms with Gasteiger partial charge in [-0.3, -0.25) is 4.99 Å². The van der Waals surface area contributed by atoms with Crippen LogP contribution in [0.3, 0.4) is 0 Å². The number of hydrogen-bond acceptors (Lipinski definition) is 2. The number of guanidine groups is 1. The van der Waals surface area contributed by atoms with E-state index < -0.39 is 0 Å². The molecular formula is C18H26ClN3O. The molecule has 1 saturated heterocycles. The number of nitrogens with one attached hydrogen (secondary N) is 2. The van der Waals surface area contributed by atoms with Gasteiger partial charge in [-0.15, -0.1) is 0 Å². The van der Waals surface area contributed by atoms with Gasteiger partial charge in [0.1, 0.15) is 0 Å². The van der Waals surface area contributed by atoms with Gasteiger partial charge in [0.15, 0.2) is 5.96 Å². The van der Waals surface area contributed by atoms with Gasteiger partial charge in [0.2, 0.25) is 0 Å². The summed E-state index contributed by atoms with van der Waals surface area (Å²) in [6.07, 6.45) is 4.63. The Kier molecular flexibility index (Phi) is 5.44. The highest BCUT2D eigenvalue weighted by Crippen LogP contribution is 2.38. The van der Waals surface area contributed by atoms with E-state index in [1.807, 2.05) is 19.2 Å². The SMILES string of the molecule is CN=C(NCC1CC1)NCC1(c2ccccc2Cl)CCOCC1. The molecule has 1 heterocycles. The van der Waals surface area contributed by atoms with Gasteiger partial charge < -0.3 is 15.4 Å². The molecule has 2 N–H and O–H groups in total. The predicted molar refractivity (Wildman–Crippen MR) is 95.3 cm³/mol. The van der Waals surface area contributed by atoms with E-state index >= 15 is 0 Å². The van der Waals surface area contributed by atoms with Gasteiger partial charge in [-0.2, -0.15) is 0 Å². The van der Waals surface area contributed by atoms with Crippen molar-refractivity contribution in [2.45, 2.75) is 31.1 Å². The zero-order valence-corrected chi connectivity index (χ0v) is 14.5. The van der Waals surface area contributed by atoms with Crippen molar-refractivity contribution >= 4 is 17.6 Å². The topological polar surface area (TPSA) is 45.7 Å². The summed E-state index contributed by atoms with van der Waals surface area (Å²) < 4.78 is 5.59. The highest BCUT2D eigenvalue weighted by Gasteiger charge is 2.36. The van der Waals surface area contributed by atoms with Crippen molar-refractivity contribution in [3.05, 3.63) is 34.9 Å². The van der Waals surface area contributed by atoms with Crippen LogP contribution in [-0.2, 0) is 10.2 Å². The molecule has 0 atom stereocenters. The van der Waals surface area contributed by atoms with Gasteiger partial charge >= 0.3 is 0 Å². The van der Waals surface area contributed by atoms with E-state index in [0.717, 1.165) is 56.0 Å². The molecule has 0 amide bonds. The second-order valence-electron chi connectivity index (χ2n) is 6.62. The summed E-state index contributed by atoms with van der Waals surface area (Å²) in [5.41, 5.74) is 1.23. The van der Waals surface area contributed by atoms with Crippen molar-refractivity contribution in [3.63, 3.8) is 0 Å². The first-order valence-electron chi connectivity index (χ1n) is 8.51. The van der Waals surface area contributed by atoms with Crippen LogP contribution in [0.25, 0.3) is 0 Å². The highest BCUT2D eigenvalue weighted by atomic mass is 35.5. The molecule has 23 heavy (non-hydrogen) atoms. The van der Waals surface area contributed by atoms with Crippen LogP contribution in [-0.4, -0.2) is 39.3 Å². The molecule has 0 spiro atoms. The Bertz CT molecular complexity index is 551. The van der Waals surface area contributed by atoms with Crippen LogP contribution >= 0.6 is 11.6 Å². The molecule has 1 aromatic carbocycles. The number of halogens is 1. The average molecular weight is 336 g/mol. The summed E-state index contributed by atoms with van der Waals surface area (Å²) in [5, 5.41) is 7.79. The number of hydrogen-bond donors (Lipinski definition) is 2. The molecule has 2 fully saturated rings. The lowest BCUT2D eigenvalue weighted by Crippen LogP contribution is -2.48. The quantitative estimate of drug-likeness (QED) is 0.642. The van der Waals surface area contributed by atoms with E-state index in [0.29, 0.717) is 0 Å². The summed E-state index contributed by atoms with van der Waals surface area (Å²) in [6, 6.07) is 8.19. The maximum absolute atomic E-state index is 6.49. The van der Waals surface area contributed by atoms with Crippen molar-refractivity contribution < 1.29 is 4.74 Å². The molecule has 1 saturated carbocycles. The molecular weight excluding hydrogens is 310 g/mol. The average Bonchev–Trinajstić information content (AvgIpc) is 3.40. The fourth-order valence-corrected chi connectivity index (χ4v) is 3.57. The van der Waals surface area contributed by atoms with Gasteiger partial charge in [0, 0.05) is 43.8 Å². The largest absolute Gasteiger partial charge is 0.381 e. The van der Waals surface area contributed by atoms with Crippen molar-refractivity contribution in [2.24, 2.45) is 10.9 Å². The Morgan fingerprint density at radius 1 is 1.26 bits per heavy atom. The minimum Gasteiger partial charge on any atom is -0.381 e. The first kappa shape index (κ1) is 16.6. The Morgan fingerprint density at radius 2 is 2.00 bits per heavy atom. The zero-order valence-electron chi connectivity index (χ0n) is 13.8. The summed E-state index contributed by atoms with van der Waals surface area (Å²) in [5.74, 6) is 1.71. The first-order valence-corrected chi connectivity index (χ1v) is 8.88.